The SMILES string of the molecule is CCN(CC)C(=O)c1ccc(S(=O)(=O)N2CCC[C@@H](C(=O)N3CCN(c4nc(C(C)C)no4)CC3)C2)cc1. The molecule has 0 spiro atoms. The van der Waals surface area contributed by atoms with Crippen LogP contribution in [0.15, 0.2) is 33.7 Å². The Hall–Kier alpha value is -2.99. The highest BCUT2D eigenvalue weighted by Crippen LogP contribution is 2.26. The molecule has 12 heteroatoms. The number of aromatic nitrogens is 2. The maximum absolute atomic E-state index is 13.4. The van der Waals surface area contributed by atoms with Gasteiger partial charge in [-0.05, 0) is 51.0 Å². The van der Waals surface area contributed by atoms with Gasteiger partial charge in [0.05, 0.1) is 10.8 Å². The molecule has 1 atom stereocenters. The Morgan fingerprint density at radius 1 is 1.05 bits per heavy atom. The van der Waals surface area contributed by atoms with E-state index in [1.807, 2.05) is 37.5 Å². The zero-order chi connectivity index (χ0) is 27.4. The summed E-state index contributed by atoms with van der Waals surface area (Å²) in [6.45, 7) is 11.7. The third-order valence-corrected chi connectivity index (χ3v) is 9.21. The van der Waals surface area contributed by atoms with Crippen LogP contribution in [0, 0.1) is 5.92 Å². The van der Waals surface area contributed by atoms with Crippen molar-refractivity contribution in [2.75, 3.05) is 57.3 Å². The van der Waals surface area contributed by atoms with Gasteiger partial charge >= 0.3 is 6.01 Å². The zero-order valence-corrected chi connectivity index (χ0v) is 23.5. The summed E-state index contributed by atoms with van der Waals surface area (Å²) >= 11 is 0. The molecule has 3 heterocycles. The molecule has 2 aliphatic heterocycles. The van der Waals surface area contributed by atoms with Crippen LogP contribution in [0.5, 0.6) is 0 Å². The zero-order valence-electron chi connectivity index (χ0n) is 22.7. The van der Waals surface area contributed by atoms with Crippen LogP contribution in [0.25, 0.3) is 0 Å². The molecular weight excluding hydrogens is 508 g/mol. The van der Waals surface area contributed by atoms with E-state index in [1.165, 1.54) is 16.4 Å². The van der Waals surface area contributed by atoms with Crippen LogP contribution in [0.2, 0.25) is 0 Å². The summed E-state index contributed by atoms with van der Waals surface area (Å²) in [4.78, 5) is 36.0. The van der Waals surface area contributed by atoms with Crippen LogP contribution in [0.4, 0.5) is 6.01 Å². The molecular formula is C26H38N6O5S. The fraction of sp³-hybridized carbons (Fsp3) is 0.615. The lowest BCUT2D eigenvalue weighted by Gasteiger charge is -2.38. The molecule has 0 N–H and O–H groups in total. The van der Waals surface area contributed by atoms with Gasteiger partial charge in [-0.25, -0.2) is 8.42 Å². The molecule has 2 aliphatic rings. The van der Waals surface area contributed by atoms with Crippen LogP contribution in [0.1, 0.15) is 62.6 Å². The van der Waals surface area contributed by atoms with Gasteiger partial charge in [0.25, 0.3) is 5.91 Å². The number of amides is 2. The number of hydrogen-bond donors (Lipinski definition) is 0. The highest BCUT2D eigenvalue weighted by Gasteiger charge is 2.36. The Morgan fingerprint density at radius 3 is 2.29 bits per heavy atom. The molecule has 2 fully saturated rings. The summed E-state index contributed by atoms with van der Waals surface area (Å²) < 4.78 is 33.6. The molecule has 1 aromatic carbocycles. The van der Waals surface area contributed by atoms with Crippen LogP contribution in [-0.4, -0.2) is 96.8 Å². The molecule has 0 radical (unpaired) electrons. The van der Waals surface area contributed by atoms with Gasteiger partial charge in [0, 0.05) is 63.8 Å². The minimum atomic E-state index is -3.78. The van der Waals surface area contributed by atoms with Gasteiger partial charge in [0.2, 0.25) is 15.9 Å². The summed E-state index contributed by atoms with van der Waals surface area (Å²) in [5.41, 5.74) is 0.458. The van der Waals surface area contributed by atoms with Crippen molar-refractivity contribution in [1.29, 1.82) is 0 Å². The van der Waals surface area contributed by atoms with E-state index < -0.39 is 10.0 Å². The number of nitrogens with zero attached hydrogens (tertiary/aromatic N) is 6. The number of sulfonamides is 1. The third kappa shape index (κ3) is 5.85. The van der Waals surface area contributed by atoms with Gasteiger partial charge in [-0.15, -0.1) is 0 Å². The lowest BCUT2D eigenvalue weighted by atomic mass is 9.98. The Balaban J connectivity index is 1.37. The first-order chi connectivity index (χ1) is 18.1. The second-order valence-corrected chi connectivity index (χ2v) is 12.0. The number of carbonyl (C=O) groups is 2. The molecule has 2 aromatic rings. The van der Waals surface area contributed by atoms with Gasteiger partial charge in [0.15, 0.2) is 5.82 Å². The first-order valence-corrected chi connectivity index (χ1v) is 14.9. The Labute approximate surface area is 224 Å². The van der Waals surface area contributed by atoms with Crippen LogP contribution >= 0.6 is 0 Å². The molecule has 1 aromatic heterocycles. The summed E-state index contributed by atoms with van der Waals surface area (Å²) in [7, 11) is -3.78. The molecule has 0 saturated carbocycles. The molecule has 208 valence electrons. The number of anilines is 1. The first kappa shape index (κ1) is 28.0. The van der Waals surface area contributed by atoms with Crippen LogP contribution in [0.3, 0.4) is 0 Å². The van der Waals surface area contributed by atoms with Crippen molar-refractivity contribution in [3.05, 3.63) is 35.7 Å². The van der Waals surface area contributed by atoms with Crippen LogP contribution < -0.4 is 4.90 Å². The lowest BCUT2D eigenvalue weighted by Crippen LogP contribution is -2.53. The molecule has 11 nitrogen and oxygen atoms in total. The Kier molecular flexibility index (Phi) is 8.71. The largest absolute Gasteiger partial charge is 0.339 e. The van der Waals surface area contributed by atoms with Crippen molar-refractivity contribution >= 4 is 27.9 Å². The molecule has 0 bridgehead atoms. The fourth-order valence-electron chi connectivity index (χ4n) is 4.94. The smallest absolute Gasteiger partial charge is 0.324 e. The minimum Gasteiger partial charge on any atom is -0.339 e. The monoisotopic (exact) mass is 546 g/mol. The van der Waals surface area contributed by atoms with E-state index in [0.29, 0.717) is 76.1 Å². The van der Waals surface area contributed by atoms with E-state index in [0.717, 1.165) is 0 Å². The molecule has 38 heavy (non-hydrogen) atoms. The maximum Gasteiger partial charge on any atom is 0.324 e. The fourth-order valence-corrected chi connectivity index (χ4v) is 6.46. The Morgan fingerprint density at radius 2 is 1.71 bits per heavy atom. The van der Waals surface area contributed by atoms with Gasteiger partial charge in [-0.3, -0.25) is 9.59 Å². The summed E-state index contributed by atoms with van der Waals surface area (Å²) in [5, 5.41) is 4.01. The third-order valence-electron chi connectivity index (χ3n) is 7.33. The van der Waals surface area contributed by atoms with E-state index in [1.54, 1.807) is 17.0 Å². The predicted octanol–water partition coefficient (Wildman–Crippen LogP) is 2.42. The summed E-state index contributed by atoms with van der Waals surface area (Å²) in [6.07, 6.45) is 1.28. The van der Waals surface area contributed by atoms with Crippen molar-refractivity contribution in [3.8, 4) is 0 Å². The standard InChI is InChI=1S/C26H38N6O5S/c1-5-29(6-2)24(33)20-9-11-22(12-10-20)38(35,36)32-13-7-8-21(18-32)25(34)30-14-16-31(17-15-30)26-27-23(19(3)4)28-37-26/h9-12,19,21H,5-8,13-18H2,1-4H3/t21-/m1/s1. The van der Waals surface area contributed by atoms with Crippen molar-refractivity contribution < 1.29 is 22.5 Å². The second-order valence-electron chi connectivity index (χ2n) is 10.1. The highest BCUT2D eigenvalue weighted by molar-refractivity contribution is 7.89. The molecule has 0 aliphatic carbocycles. The van der Waals surface area contributed by atoms with Gasteiger partial charge in [-0.2, -0.15) is 9.29 Å². The lowest BCUT2D eigenvalue weighted by molar-refractivity contribution is -0.137. The van der Waals surface area contributed by atoms with E-state index in [9.17, 15) is 18.0 Å². The molecule has 0 unspecified atom stereocenters. The van der Waals surface area contributed by atoms with Crippen LogP contribution in [-0.2, 0) is 14.8 Å². The quantitative estimate of drug-likeness (QED) is 0.495. The van der Waals surface area contributed by atoms with Gasteiger partial charge in [-0.1, -0.05) is 19.0 Å². The number of piperazine rings is 1. The van der Waals surface area contributed by atoms with E-state index >= 15 is 0 Å². The number of benzene rings is 1. The molecule has 2 saturated heterocycles. The summed E-state index contributed by atoms with van der Waals surface area (Å²) in [5.74, 6) is 0.311. The van der Waals surface area contributed by atoms with Crippen molar-refractivity contribution in [2.24, 2.45) is 5.92 Å². The Bertz CT molecular complexity index is 1220. The van der Waals surface area contributed by atoms with Crippen molar-refractivity contribution in [3.63, 3.8) is 0 Å². The van der Waals surface area contributed by atoms with E-state index in [4.69, 9.17) is 4.52 Å². The highest BCUT2D eigenvalue weighted by atomic mass is 32.2. The van der Waals surface area contributed by atoms with Gasteiger partial charge < -0.3 is 19.2 Å². The maximum atomic E-state index is 13.4. The van der Waals surface area contributed by atoms with E-state index in [2.05, 4.69) is 10.1 Å². The first-order valence-electron chi connectivity index (χ1n) is 13.4. The molecule has 4 rings (SSSR count). The van der Waals surface area contributed by atoms with E-state index in [-0.39, 0.29) is 35.1 Å². The molecule has 2 amide bonds. The number of carbonyl (C=O) groups excluding carboxylic acids is 2. The number of rotatable bonds is 8. The minimum absolute atomic E-state index is 0.0156. The summed E-state index contributed by atoms with van der Waals surface area (Å²) in [6, 6.07) is 6.57. The normalized spacial score (nSPS) is 19.1. The topological polar surface area (TPSA) is 120 Å². The van der Waals surface area contributed by atoms with Gasteiger partial charge in [0.1, 0.15) is 0 Å². The average molecular weight is 547 g/mol. The second kappa shape index (κ2) is 11.8. The number of hydrogen-bond acceptors (Lipinski definition) is 8. The van der Waals surface area contributed by atoms with Crippen molar-refractivity contribution in [2.45, 2.75) is 51.3 Å². The average Bonchev–Trinajstić information content (AvgIpc) is 3.44. The number of piperidine rings is 1. The van der Waals surface area contributed by atoms with Crippen molar-refractivity contribution in [1.82, 2.24) is 24.2 Å². The predicted molar refractivity (Wildman–Crippen MR) is 142 cm³/mol.